The van der Waals surface area contributed by atoms with E-state index in [0.717, 1.165) is 0 Å². The second-order valence-electron chi connectivity index (χ2n) is 4.76. The Kier molecular flexibility index (Phi) is 4.63. The van der Waals surface area contributed by atoms with E-state index in [-0.39, 0.29) is 13.0 Å². The van der Waals surface area contributed by atoms with Gasteiger partial charge in [0.1, 0.15) is 18.0 Å². The average Bonchev–Trinajstić information content (AvgIpc) is 2.49. The lowest BCUT2D eigenvalue weighted by Gasteiger charge is -2.36. The molecular formula is C15H18O5. The molecule has 0 saturated carbocycles. The SMILES string of the molecule is C#Cc1cc([C@H]2OC(CO)CC(O)C2O)ccc1OC. The summed E-state index contributed by atoms with van der Waals surface area (Å²) in [6.07, 6.45) is 2.38. The molecule has 0 spiro atoms. The lowest BCUT2D eigenvalue weighted by molar-refractivity contribution is -0.179. The van der Waals surface area contributed by atoms with E-state index in [4.69, 9.17) is 15.9 Å². The van der Waals surface area contributed by atoms with Gasteiger partial charge in [-0.15, -0.1) is 6.42 Å². The summed E-state index contributed by atoms with van der Waals surface area (Å²) in [5.41, 5.74) is 1.19. The fourth-order valence-electron chi connectivity index (χ4n) is 2.36. The third kappa shape index (κ3) is 2.79. The zero-order valence-corrected chi connectivity index (χ0v) is 11.2. The monoisotopic (exact) mass is 278 g/mol. The van der Waals surface area contributed by atoms with Crippen molar-refractivity contribution < 1.29 is 24.8 Å². The molecule has 2 rings (SSSR count). The first-order valence-electron chi connectivity index (χ1n) is 6.37. The van der Waals surface area contributed by atoms with Crippen LogP contribution in [-0.2, 0) is 4.74 Å². The maximum Gasteiger partial charge on any atom is 0.134 e. The summed E-state index contributed by atoms with van der Waals surface area (Å²) in [6, 6.07) is 5.09. The molecular weight excluding hydrogens is 260 g/mol. The summed E-state index contributed by atoms with van der Waals surface area (Å²) < 4.78 is 10.7. The number of benzene rings is 1. The van der Waals surface area contributed by atoms with Crippen molar-refractivity contribution in [1.82, 2.24) is 0 Å². The van der Waals surface area contributed by atoms with Crippen LogP contribution in [0.3, 0.4) is 0 Å². The standard InChI is InChI=1S/C15H18O5/c1-3-9-6-10(4-5-13(9)19-2)15-14(18)12(17)7-11(8-16)20-15/h1,4-6,11-12,14-18H,7-8H2,2H3/t11?,12?,14?,15-/m1/s1. The Morgan fingerprint density at radius 1 is 1.45 bits per heavy atom. The molecule has 0 amide bonds. The maximum atomic E-state index is 10.1. The number of hydrogen-bond donors (Lipinski definition) is 3. The van der Waals surface area contributed by atoms with Crippen LogP contribution in [0.2, 0.25) is 0 Å². The Morgan fingerprint density at radius 3 is 2.80 bits per heavy atom. The molecule has 3 unspecified atom stereocenters. The summed E-state index contributed by atoms with van der Waals surface area (Å²) in [5, 5.41) is 29.1. The Bertz CT molecular complexity index is 507. The molecule has 5 nitrogen and oxygen atoms in total. The van der Waals surface area contributed by atoms with Gasteiger partial charge in [0.2, 0.25) is 0 Å². The van der Waals surface area contributed by atoms with E-state index in [1.54, 1.807) is 18.2 Å². The highest BCUT2D eigenvalue weighted by Gasteiger charge is 2.37. The van der Waals surface area contributed by atoms with E-state index in [1.165, 1.54) is 7.11 Å². The summed E-state index contributed by atoms with van der Waals surface area (Å²) >= 11 is 0. The van der Waals surface area contributed by atoms with Crippen LogP contribution in [0.1, 0.15) is 23.7 Å². The molecule has 20 heavy (non-hydrogen) atoms. The molecule has 5 heteroatoms. The molecule has 4 atom stereocenters. The van der Waals surface area contributed by atoms with Crippen molar-refractivity contribution in [3.05, 3.63) is 29.3 Å². The molecule has 0 bridgehead atoms. The normalized spacial score (nSPS) is 29.8. The molecule has 1 aromatic carbocycles. The van der Waals surface area contributed by atoms with Crippen LogP contribution in [0.15, 0.2) is 18.2 Å². The van der Waals surface area contributed by atoms with E-state index in [2.05, 4.69) is 5.92 Å². The van der Waals surface area contributed by atoms with Gasteiger partial charge in [-0.3, -0.25) is 0 Å². The predicted octanol–water partition coefficient (Wildman–Crippen LogP) is 0.221. The molecule has 0 radical (unpaired) electrons. The molecule has 1 fully saturated rings. The number of ether oxygens (including phenoxy) is 2. The van der Waals surface area contributed by atoms with Crippen molar-refractivity contribution in [3.63, 3.8) is 0 Å². The summed E-state index contributed by atoms with van der Waals surface area (Å²) in [7, 11) is 1.52. The minimum atomic E-state index is -1.06. The Balaban J connectivity index is 2.32. The predicted molar refractivity (Wildman–Crippen MR) is 72.3 cm³/mol. The fourth-order valence-corrected chi connectivity index (χ4v) is 2.36. The molecule has 1 heterocycles. The highest BCUT2D eigenvalue weighted by molar-refractivity contribution is 5.47. The van der Waals surface area contributed by atoms with E-state index < -0.39 is 24.4 Å². The molecule has 1 aliphatic heterocycles. The number of hydrogen-bond acceptors (Lipinski definition) is 5. The highest BCUT2D eigenvalue weighted by Crippen LogP contribution is 2.33. The second kappa shape index (κ2) is 6.25. The molecule has 108 valence electrons. The van der Waals surface area contributed by atoms with Gasteiger partial charge in [0, 0.05) is 6.42 Å². The lowest BCUT2D eigenvalue weighted by Crippen LogP contribution is -2.44. The third-order valence-electron chi connectivity index (χ3n) is 3.46. The number of methoxy groups -OCH3 is 1. The third-order valence-corrected chi connectivity index (χ3v) is 3.46. The minimum absolute atomic E-state index is 0.201. The maximum absolute atomic E-state index is 10.1. The van der Waals surface area contributed by atoms with Crippen molar-refractivity contribution in [1.29, 1.82) is 0 Å². The van der Waals surface area contributed by atoms with Crippen molar-refractivity contribution in [2.24, 2.45) is 0 Å². The average molecular weight is 278 g/mol. The largest absolute Gasteiger partial charge is 0.495 e. The number of aliphatic hydroxyl groups excluding tert-OH is 3. The summed E-state index contributed by atoms with van der Waals surface area (Å²) in [6.45, 7) is -0.210. The molecule has 0 aliphatic carbocycles. The summed E-state index contributed by atoms with van der Waals surface area (Å²) in [5.74, 6) is 3.06. The van der Waals surface area contributed by atoms with Crippen molar-refractivity contribution in [2.75, 3.05) is 13.7 Å². The van der Waals surface area contributed by atoms with Gasteiger partial charge in [-0.1, -0.05) is 12.0 Å². The zero-order chi connectivity index (χ0) is 14.7. The van der Waals surface area contributed by atoms with Gasteiger partial charge in [0.05, 0.1) is 31.5 Å². The first-order chi connectivity index (χ1) is 9.60. The Morgan fingerprint density at radius 2 is 2.20 bits per heavy atom. The first-order valence-corrected chi connectivity index (χ1v) is 6.37. The van der Waals surface area contributed by atoms with E-state index in [0.29, 0.717) is 16.9 Å². The fraction of sp³-hybridized carbons (Fsp3) is 0.467. The van der Waals surface area contributed by atoms with Gasteiger partial charge >= 0.3 is 0 Å². The first kappa shape index (κ1) is 14.8. The van der Waals surface area contributed by atoms with Crippen molar-refractivity contribution in [3.8, 4) is 18.1 Å². The van der Waals surface area contributed by atoms with Crippen molar-refractivity contribution >= 4 is 0 Å². The van der Waals surface area contributed by atoms with E-state index in [1.807, 2.05) is 0 Å². The van der Waals surface area contributed by atoms with Crippen LogP contribution < -0.4 is 4.74 Å². The van der Waals surface area contributed by atoms with Crippen LogP contribution in [0.4, 0.5) is 0 Å². The number of rotatable bonds is 3. The van der Waals surface area contributed by atoms with Gasteiger partial charge in [0.15, 0.2) is 0 Å². The smallest absolute Gasteiger partial charge is 0.134 e. The van der Waals surface area contributed by atoms with Gasteiger partial charge in [0.25, 0.3) is 0 Å². The van der Waals surface area contributed by atoms with Gasteiger partial charge in [-0.2, -0.15) is 0 Å². The Labute approximate surface area is 117 Å². The van der Waals surface area contributed by atoms with Crippen LogP contribution in [0, 0.1) is 12.3 Å². The summed E-state index contributed by atoms with van der Waals surface area (Å²) in [4.78, 5) is 0. The topological polar surface area (TPSA) is 79.2 Å². The lowest BCUT2D eigenvalue weighted by atomic mass is 9.92. The van der Waals surface area contributed by atoms with Crippen LogP contribution >= 0.6 is 0 Å². The zero-order valence-electron chi connectivity index (χ0n) is 11.2. The highest BCUT2D eigenvalue weighted by atomic mass is 16.5. The molecule has 1 saturated heterocycles. The molecule has 3 N–H and O–H groups in total. The molecule has 0 aromatic heterocycles. The van der Waals surface area contributed by atoms with Gasteiger partial charge in [-0.05, 0) is 17.7 Å². The second-order valence-corrected chi connectivity index (χ2v) is 4.76. The van der Waals surface area contributed by atoms with E-state index in [9.17, 15) is 15.3 Å². The Hall–Kier alpha value is -1.58. The molecule has 1 aliphatic rings. The minimum Gasteiger partial charge on any atom is -0.495 e. The van der Waals surface area contributed by atoms with Crippen molar-refractivity contribution in [2.45, 2.75) is 30.8 Å². The van der Waals surface area contributed by atoms with Crippen LogP contribution in [0.25, 0.3) is 0 Å². The van der Waals surface area contributed by atoms with Gasteiger partial charge in [-0.25, -0.2) is 0 Å². The van der Waals surface area contributed by atoms with E-state index >= 15 is 0 Å². The number of aliphatic hydroxyl groups is 3. The quantitative estimate of drug-likeness (QED) is 0.689. The van der Waals surface area contributed by atoms with Gasteiger partial charge < -0.3 is 24.8 Å². The number of terminal acetylenes is 1. The molecule has 1 aromatic rings. The van der Waals surface area contributed by atoms with Crippen LogP contribution in [-0.4, -0.2) is 47.3 Å². The van der Waals surface area contributed by atoms with Crippen LogP contribution in [0.5, 0.6) is 5.75 Å².